The molecule has 0 saturated heterocycles. The minimum atomic E-state index is -0.114. The van der Waals surface area contributed by atoms with E-state index in [0.717, 1.165) is 36.6 Å². The summed E-state index contributed by atoms with van der Waals surface area (Å²) in [5, 5.41) is 3.15. The van der Waals surface area contributed by atoms with E-state index in [1.165, 1.54) is 5.56 Å². The first-order valence-corrected chi connectivity index (χ1v) is 9.73. The maximum absolute atomic E-state index is 12.6. The highest BCUT2D eigenvalue weighted by Crippen LogP contribution is 2.40. The van der Waals surface area contributed by atoms with Crippen LogP contribution in [0.3, 0.4) is 0 Å². The molecule has 3 atom stereocenters. The fourth-order valence-corrected chi connectivity index (χ4v) is 4.41. The molecule has 2 saturated carbocycles. The third kappa shape index (κ3) is 3.74. The minimum absolute atomic E-state index is 0.0127. The molecule has 24 heavy (non-hydrogen) atoms. The SMILES string of the molecule is CC(C)(CNC(=O)C1C[C@H]2CCC[C@@H](C1)C2=O)c1ccc(Br)cc1. The van der Waals surface area contributed by atoms with Crippen LogP contribution in [0.5, 0.6) is 0 Å². The molecule has 0 radical (unpaired) electrons. The van der Waals surface area contributed by atoms with Crippen molar-refractivity contribution < 1.29 is 9.59 Å². The number of hydrogen-bond acceptors (Lipinski definition) is 2. The second kappa shape index (κ2) is 6.99. The first-order chi connectivity index (χ1) is 11.4. The molecule has 130 valence electrons. The van der Waals surface area contributed by atoms with Crippen LogP contribution in [0, 0.1) is 17.8 Å². The third-order valence-corrected chi connectivity index (χ3v) is 6.28. The van der Waals surface area contributed by atoms with E-state index in [1.54, 1.807) is 0 Å². The van der Waals surface area contributed by atoms with Gasteiger partial charge in [0.2, 0.25) is 5.91 Å². The molecular weight excluding hydrogens is 366 g/mol. The molecule has 4 heteroatoms. The quantitative estimate of drug-likeness (QED) is 0.833. The summed E-state index contributed by atoms with van der Waals surface area (Å²) in [5.74, 6) is 0.823. The van der Waals surface area contributed by atoms with Gasteiger partial charge in [0.15, 0.2) is 0 Å². The fraction of sp³-hybridized carbons (Fsp3) is 0.600. The van der Waals surface area contributed by atoms with Crippen LogP contribution in [-0.4, -0.2) is 18.2 Å². The van der Waals surface area contributed by atoms with Crippen LogP contribution in [0.15, 0.2) is 28.7 Å². The van der Waals surface area contributed by atoms with Gasteiger partial charge in [-0.1, -0.05) is 48.3 Å². The van der Waals surface area contributed by atoms with Crippen molar-refractivity contribution in [1.29, 1.82) is 0 Å². The maximum atomic E-state index is 12.6. The van der Waals surface area contributed by atoms with Gasteiger partial charge in [-0.05, 0) is 43.4 Å². The number of benzene rings is 1. The Morgan fingerprint density at radius 3 is 2.33 bits per heavy atom. The monoisotopic (exact) mass is 391 g/mol. The summed E-state index contributed by atoms with van der Waals surface area (Å²) in [6.45, 7) is 4.92. The highest BCUT2D eigenvalue weighted by Gasteiger charge is 2.41. The number of rotatable bonds is 4. The highest BCUT2D eigenvalue weighted by molar-refractivity contribution is 9.10. The molecule has 1 unspecified atom stereocenters. The van der Waals surface area contributed by atoms with Gasteiger partial charge in [-0.25, -0.2) is 0 Å². The van der Waals surface area contributed by atoms with Crippen LogP contribution in [0.25, 0.3) is 0 Å². The summed E-state index contributed by atoms with van der Waals surface area (Å²) in [6.07, 6.45) is 4.60. The van der Waals surface area contributed by atoms with Crippen molar-refractivity contribution in [2.24, 2.45) is 17.8 Å². The summed E-state index contributed by atoms with van der Waals surface area (Å²) in [4.78, 5) is 24.8. The Morgan fingerprint density at radius 2 is 1.75 bits per heavy atom. The van der Waals surface area contributed by atoms with E-state index in [1.807, 2.05) is 12.1 Å². The number of halogens is 1. The Morgan fingerprint density at radius 1 is 1.17 bits per heavy atom. The predicted octanol–water partition coefficient (Wildman–Crippen LogP) is 4.24. The zero-order valence-corrected chi connectivity index (χ0v) is 16.1. The average molecular weight is 392 g/mol. The lowest BCUT2D eigenvalue weighted by Gasteiger charge is -2.37. The lowest BCUT2D eigenvalue weighted by molar-refractivity contribution is -0.137. The number of carbonyl (C=O) groups is 2. The number of hydrogen-bond donors (Lipinski definition) is 1. The molecule has 0 aliphatic heterocycles. The van der Waals surface area contributed by atoms with Gasteiger partial charge in [-0.3, -0.25) is 9.59 Å². The van der Waals surface area contributed by atoms with Gasteiger partial charge >= 0.3 is 0 Å². The largest absolute Gasteiger partial charge is 0.355 e. The van der Waals surface area contributed by atoms with Gasteiger partial charge in [0.25, 0.3) is 0 Å². The van der Waals surface area contributed by atoms with Crippen LogP contribution in [0.2, 0.25) is 0 Å². The molecule has 2 aliphatic carbocycles. The van der Waals surface area contributed by atoms with Crippen LogP contribution >= 0.6 is 15.9 Å². The van der Waals surface area contributed by atoms with Crippen LogP contribution < -0.4 is 5.32 Å². The zero-order chi connectivity index (χ0) is 17.3. The smallest absolute Gasteiger partial charge is 0.223 e. The molecular formula is C20H26BrNO2. The van der Waals surface area contributed by atoms with Gasteiger partial charge in [0, 0.05) is 34.2 Å². The summed E-state index contributed by atoms with van der Waals surface area (Å²) in [6, 6.07) is 8.26. The second-order valence-electron chi connectivity index (χ2n) is 8.00. The molecule has 1 aromatic carbocycles. The topological polar surface area (TPSA) is 46.2 Å². The molecule has 0 heterocycles. The molecule has 3 rings (SSSR count). The Balaban J connectivity index is 1.59. The van der Waals surface area contributed by atoms with E-state index >= 15 is 0 Å². The van der Waals surface area contributed by atoms with E-state index in [4.69, 9.17) is 0 Å². The van der Waals surface area contributed by atoms with E-state index in [2.05, 4.69) is 47.2 Å². The van der Waals surface area contributed by atoms with Crippen molar-refractivity contribution in [2.45, 2.75) is 51.4 Å². The molecule has 2 fully saturated rings. The van der Waals surface area contributed by atoms with E-state index in [0.29, 0.717) is 12.3 Å². The van der Waals surface area contributed by atoms with E-state index in [9.17, 15) is 9.59 Å². The standard InChI is InChI=1S/C20H26BrNO2/c1-20(2,16-6-8-17(21)9-7-16)12-22-19(24)15-10-13-4-3-5-14(11-15)18(13)23/h6-9,13-15H,3-5,10-12H2,1-2H3,(H,22,24)/t13-,14+,15?. The zero-order valence-electron chi connectivity index (χ0n) is 14.5. The second-order valence-corrected chi connectivity index (χ2v) is 8.92. The summed E-state index contributed by atoms with van der Waals surface area (Å²) in [5.41, 5.74) is 1.10. The first kappa shape index (κ1) is 17.7. The van der Waals surface area contributed by atoms with Crippen molar-refractivity contribution in [2.75, 3.05) is 6.54 Å². The van der Waals surface area contributed by atoms with Crippen LogP contribution in [0.4, 0.5) is 0 Å². The van der Waals surface area contributed by atoms with Crippen LogP contribution in [-0.2, 0) is 15.0 Å². The number of carbonyl (C=O) groups excluding carboxylic acids is 2. The van der Waals surface area contributed by atoms with Gasteiger partial charge in [-0.15, -0.1) is 0 Å². The number of amides is 1. The number of Topliss-reactive ketones (excluding diaryl/α,β-unsaturated/α-hetero) is 1. The Kier molecular flexibility index (Phi) is 5.14. The molecule has 0 spiro atoms. The minimum Gasteiger partial charge on any atom is -0.355 e. The third-order valence-electron chi connectivity index (χ3n) is 5.75. The van der Waals surface area contributed by atoms with Gasteiger partial charge in [0.1, 0.15) is 5.78 Å². The van der Waals surface area contributed by atoms with Crippen molar-refractivity contribution in [3.8, 4) is 0 Å². The summed E-state index contributed by atoms with van der Waals surface area (Å²) in [7, 11) is 0. The van der Waals surface area contributed by atoms with E-state index in [-0.39, 0.29) is 29.1 Å². The summed E-state index contributed by atoms with van der Waals surface area (Å²) < 4.78 is 1.06. The summed E-state index contributed by atoms with van der Waals surface area (Å²) >= 11 is 3.46. The number of nitrogens with one attached hydrogen (secondary N) is 1. The lowest BCUT2D eigenvalue weighted by Crippen LogP contribution is -2.45. The Bertz CT molecular complexity index is 607. The molecule has 1 amide bonds. The normalized spacial score (nSPS) is 27.0. The molecule has 1 N–H and O–H groups in total. The lowest BCUT2D eigenvalue weighted by atomic mass is 9.67. The molecule has 1 aromatic rings. The van der Waals surface area contributed by atoms with Gasteiger partial charge in [0.05, 0.1) is 0 Å². The maximum Gasteiger partial charge on any atom is 0.223 e. The molecule has 2 aliphatic rings. The van der Waals surface area contributed by atoms with Gasteiger partial charge in [-0.2, -0.15) is 0 Å². The first-order valence-electron chi connectivity index (χ1n) is 8.94. The molecule has 0 aromatic heterocycles. The van der Waals surface area contributed by atoms with Crippen molar-refractivity contribution in [3.05, 3.63) is 34.3 Å². The Hall–Kier alpha value is -1.16. The van der Waals surface area contributed by atoms with Crippen molar-refractivity contribution in [3.63, 3.8) is 0 Å². The number of ketones is 1. The molecule has 3 nitrogen and oxygen atoms in total. The van der Waals surface area contributed by atoms with Crippen molar-refractivity contribution >= 4 is 27.6 Å². The predicted molar refractivity (Wildman–Crippen MR) is 98.7 cm³/mol. The Labute approximate surface area is 152 Å². The fourth-order valence-electron chi connectivity index (χ4n) is 4.15. The van der Waals surface area contributed by atoms with Crippen LogP contribution in [0.1, 0.15) is 51.5 Å². The van der Waals surface area contributed by atoms with E-state index < -0.39 is 0 Å². The highest BCUT2D eigenvalue weighted by atomic mass is 79.9. The number of fused-ring (bicyclic) bond motifs is 2. The van der Waals surface area contributed by atoms with Gasteiger partial charge < -0.3 is 5.32 Å². The van der Waals surface area contributed by atoms with Crippen molar-refractivity contribution in [1.82, 2.24) is 5.32 Å². The molecule has 2 bridgehead atoms. The average Bonchev–Trinajstić information content (AvgIpc) is 2.53.